The molecule has 0 unspecified atom stereocenters. The number of hydrogen-bond donors (Lipinski definition) is 1. The third-order valence-electron chi connectivity index (χ3n) is 2.61. The van der Waals surface area contributed by atoms with Gasteiger partial charge in [-0.3, -0.25) is 4.98 Å². The highest BCUT2D eigenvalue weighted by Gasteiger charge is 2.09. The zero-order valence-corrected chi connectivity index (χ0v) is 10.4. The number of nitrogens with one attached hydrogen (secondary N) is 1. The summed E-state index contributed by atoms with van der Waals surface area (Å²) in [5, 5.41) is 3.00. The Bertz CT molecular complexity index is 513. The average Bonchev–Trinajstić information content (AvgIpc) is 2.40. The Morgan fingerprint density at radius 2 is 2.00 bits per heavy atom. The van der Waals surface area contributed by atoms with E-state index in [2.05, 4.69) is 15.3 Å². The van der Waals surface area contributed by atoms with Crippen molar-refractivity contribution in [2.75, 3.05) is 19.0 Å². The number of para-hydroxylation sites is 1. The zero-order valence-electron chi connectivity index (χ0n) is 10.4. The maximum absolute atomic E-state index is 13.6. The summed E-state index contributed by atoms with van der Waals surface area (Å²) in [5.74, 6) is 0.334. The van der Waals surface area contributed by atoms with Crippen LogP contribution < -0.4 is 10.2 Å². The van der Waals surface area contributed by atoms with Crippen LogP contribution in [-0.2, 0) is 6.54 Å². The molecule has 5 heteroatoms. The van der Waals surface area contributed by atoms with Crippen LogP contribution in [0.25, 0.3) is 0 Å². The van der Waals surface area contributed by atoms with Crippen molar-refractivity contribution < 1.29 is 4.39 Å². The van der Waals surface area contributed by atoms with Gasteiger partial charge in [-0.15, -0.1) is 0 Å². The third-order valence-corrected chi connectivity index (χ3v) is 2.61. The fourth-order valence-corrected chi connectivity index (χ4v) is 1.64. The summed E-state index contributed by atoms with van der Waals surface area (Å²) < 4.78 is 13.6. The van der Waals surface area contributed by atoms with Crippen molar-refractivity contribution in [3.63, 3.8) is 0 Å². The van der Waals surface area contributed by atoms with Crippen molar-refractivity contribution in [3.05, 3.63) is 48.2 Å². The summed E-state index contributed by atoms with van der Waals surface area (Å²) in [6.45, 7) is 0.663. The van der Waals surface area contributed by atoms with Crippen molar-refractivity contribution in [1.29, 1.82) is 0 Å². The van der Waals surface area contributed by atoms with Crippen LogP contribution in [0.4, 0.5) is 15.9 Å². The molecule has 0 spiro atoms. The van der Waals surface area contributed by atoms with Gasteiger partial charge in [0.15, 0.2) is 5.82 Å². The van der Waals surface area contributed by atoms with Gasteiger partial charge >= 0.3 is 0 Å². The van der Waals surface area contributed by atoms with Crippen LogP contribution in [0.2, 0.25) is 0 Å². The largest absolute Gasteiger partial charge is 0.326 e. The lowest BCUT2D eigenvalue weighted by Crippen LogP contribution is -2.14. The van der Waals surface area contributed by atoms with Gasteiger partial charge in [-0.05, 0) is 19.2 Å². The molecule has 0 aliphatic rings. The quantitative estimate of drug-likeness (QED) is 0.897. The lowest BCUT2D eigenvalue weighted by molar-refractivity contribution is 0.627. The first-order valence-corrected chi connectivity index (χ1v) is 5.66. The van der Waals surface area contributed by atoms with Crippen molar-refractivity contribution in [2.45, 2.75) is 6.54 Å². The first kappa shape index (κ1) is 12.4. The molecule has 94 valence electrons. The van der Waals surface area contributed by atoms with E-state index in [0.717, 1.165) is 5.69 Å². The molecule has 1 N–H and O–H groups in total. The van der Waals surface area contributed by atoms with Crippen LogP contribution >= 0.6 is 0 Å². The monoisotopic (exact) mass is 246 g/mol. The second-order valence-electron chi connectivity index (χ2n) is 3.91. The van der Waals surface area contributed by atoms with Gasteiger partial charge in [-0.1, -0.05) is 12.1 Å². The Balaban J connectivity index is 2.23. The van der Waals surface area contributed by atoms with Crippen molar-refractivity contribution in [1.82, 2.24) is 15.3 Å². The van der Waals surface area contributed by atoms with E-state index < -0.39 is 0 Å². The molecular weight excluding hydrogens is 231 g/mol. The summed E-state index contributed by atoms with van der Waals surface area (Å²) in [7, 11) is 3.61. The van der Waals surface area contributed by atoms with Crippen molar-refractivity contribution >= 4 is 11.5 Å². The molecule has 18 heavy (non-hydrogen) atoms. The first-order chi connectivity index (χ1) is 8.72. The minimum atomic E-state index is -0.277. The molecule has 0 saturated heterocycles. The number of rotatable bonds is 4. The molecule has 0 atom stereocenters. The van der Waals surface area contributed by atoms with Gasteiger partial charge in [0.05, 0.1) is 23.8 Å². The SMILES string of the molecule is CNCc1cnc(N(C)c2ccccc2F)cn1. The second kappa shape index (κ2) is 5.55. The van der Waals surface area contributed by atoms with Crippen LogP contribution in [0.3, 0.4) is 0 Å². The van der Waals surface area contributed by atoms with Gasteiger partial charge in [0, 0.05) is 13.6 Å². The first-order valence-electron chi connectivity index (χ1n) is 5.66. The Morgan fingerprint density at radius 3 is 2.61 bits per heavy atom. The van der Waals surface area contributed by atoms with Crippen LogP contribution in [0.1, 0.15) is 5.69 Å². The lowest BCUT2D eigenvalue weighted by atomic mass is 10.3. The van der Waals surface area contributed by atoms with E-state index in [1.54, 1.807) is 42.5 Å². The summed E-state index contributed by atoms with van der Waals surface area (Å²) in [6.07, 6.45) is 3.32. The standard InChI is InChI=1S/C13H15FN4/c1-15-7-10-8-17-13(9-16-10)18(2)12-6-4-3-5-11(12)14/h3-6,8-9,15H,7H2,1-2H3. The van der Waals surface area contributed by atoms with E-state index >= 15 is 0 Å². The topological polar surface area (TPSA) is 41.1 Å². The van der Waals surface area contributed by atoms with Crippen LogP contribution in [0.15, 0.2) is 36.7 Å². The van der Waals surface area contributed by atoms with Crippen LogP contribution in [0.5, 0.6) is 0 Å². The Kier molecular flexibility index (Phi) is 3.84. The third kappa shape index (κ3) is 2.62. The van der Waals surface area contributed by atoms with Gasteiger partial charge in [-0.25, -0.2) is 9.37 Å². The second-order valence-corrected chi connectivity index (χ2v) is 3.91. The molecule has 0 aliphatic heterocycles. The molecule has 0 saturated carbocycles. The van der Waals surface area contributed by atoms with Gasteiger partial charge in [0.1, 0.15) is 5.82 Å². The maximum Gasteiger partial charge on any atom is 0.151 e. The smallest absolute Gasteiger partial charge is 0.151 e. The summed E-state index contributed by atoms with van der Waals surface area (Å²) in [6, 6.07) is 6.58. The molecule has 2 aromatic rings. The predicted octanol–water partition coefficient (Wildman–Crippen LogP) is 2.10. The molecule has 0 aliphatic carbocycles. The van der Waals surface area contributed by atoms with E-state index in [9.17, 15) is 4.39 Å². The summed E-state index contributed by atoms with van der Waals surface area (Å²) in [4.78, 5) is 10.2. The Labute approximate surface area is 105 Å². The molecule has 1 heterocycles. The highest BCUT2D eigenvalue weighted by Crippen LogP contribution is 2.23. The molecule has 0 fully saturated rings. The van der Waals surface area contributed by atoms with E-state index in [1.165, 1.54) is 6.07 Å². The molecule has 0 bridgehead atoms. The van der Waals surface area contributed by atoms with Crippen molar-refractivity contribution in [3.8, 4) is 0 Å². The highest BCUT2D eigenvalue weighted by atomic mass is 19.1. The Hall–Kier alpha value is -2.01. The fourth-order valence-electron chi connectivity index (χ4n) is 1.64. The number of nitrogens with zero attached hydrogens (tertiary/aromatic N) is 3. The summed E-state index contributed by atoms with van der Waals surface area (Å²) in [5.41, 5.74) is 1.33. The van der Waals surface area contributed by atoms with Crippen molar-refractivity contribution in [2.24, 2.45) is 0 Å². The predicted molar refractivity (Wildman–Crippen MR) is 69.3 cm³/mol. The van der Waals surface area contributed by atoms with E-state index in [1.807, 2.05) is 7.05 Å². The van der Waals surface area contributed by atoms with Gasteiger partial charge in [-0.2, -0.15) is 0 Å². The highest BCUT2D eigenvalue weighted by molar-refractivity contribution is 5.58. The number of aromatic nitrogens is 2. The lowest BCUT2D eigenvalue weighted by Gasteiger charge is -2.18. The number of halogens is 1. The normalized spacial score (nSPS) is 10.4. The van der Waals surface area contributed by atoms with E-state index in [4.69, 9.17) is 0 Å². The van der Waals surface area contributed by atoms with Gasteiger partial charge in [0.25, 0.3) is 0 Å². The van der Waals surface area contributed by atoms with Gasteiger partial charge < -0.3 is 10.2 Å². The molecule has 2 rings (SSSR count). The van der Waals surface area contributed by atoms with E-state index in [-0.39, 0.29) is 5.82 Å². The minimum Gasteiger partial charge on any atom is -0.326 e. The number of benzene rings is 1. The maximum atomic E-state index is 13.6. The fraction of sp³-hybridized carbons (Fsp3) is 0.231. The average molecular weight is 246 g/mol. The molecule has 0 radical (unpaired) electrons. The molecular formula is C13H15FN4. The number of hydrogen-bond acceptors (Lipinski definition) is 4. The number of anilines is 2. The zero-order chi connectivity index (χ0) is 13.0. The van der Waals surface area contributed by atoms with Crippen LogP contribution in [0, 0.1) is 5.82 Å². The molecule has 1 aromatic heterocycles. The molecule has 0 amide bonds. The Morgan fingerprint density at radius 1 is 1.22 bits per heavy atom. The summed E-state index contributed by atoms with van der Waals surface area (Å²) >= 11 is 0. The van der Waals surface area contributed by atoms with Crippen LogP contribution in [-0.4, -0.2) is 24.1 Å². The molecule has 4 nitrogen and oxygen atoms in total. The van der Waals surface area contributed by atoms with Gasteiger partial charge in [0.2, 0.25) is 0 Å². The van der Waals surface area contributed by atoms with E-state index in [0.29, 0.717) is 18.1 Å². The molecule has 1 aromatic carbocycles. The minimum absolute atomic E-state index is 0.277.